The molecule has 18 nitrogen and oxygen atoms in total. The Labute approximate surface area is 224 Å². The van der Waals surface area contributed by atoms with Crippen molar-refractivity contribution in [1.82, 2.24) is 14.5 Å². The van der Waals surface area contributed by atoms with Crippen molar-refractivity contribution < 1.29 is 56.3 Å². The number of hydrogen-bond acceptors (Lipinski definition) is 13. The van der Waals surface area contributed by atoms with Gasteiger partial charge in [-0.3, -0.25) is 9.09 Å². The largest absolute Gasteiger partial charge is 0.490 e. The normalized spacial score (nSPS) is 22.3. The van der Waals surface area contributed by atoms with Crippen molar-refractivity contribution in [2.45, 2.75) is 45.6 Å². The molecule has 1 fully saturated rings. The molecule has 0 amide bonds. The average molecular weight is 621 g/mol. The number of aliphatic hydroxyl groups is 1. The van der Waals surface area contributed by atoms with E-state index in [0.29, 0.717) is 0 Å². The predicted molar refractivity (Wildman–Crippen MR) is 137 cm³/mol. The van der Waals surface area contributed by atoms with Gasteiger partial charge in [0, 0.05) is 12.6 Å². The molecule has 2 rings (SSSR count). The highest BCUT2D eigenvalue weighted by molar-refractivity contribution is 7.66. The van der Waals surface area contributed by atoms with Crippen LogP contribution in [0, 0.1) is 11.8 Å². The number of nitrogens with two attached hydrogens (primary N) is 2. The van der Waals surface area contributed by atoms with E-state index < -0.39 is 54.2 Å². The van der Waals surface area contributed by atoms with Crippen LogP contribution in [0.15, 0.2) is 11.0 Å². The van der Waals surface area contributed by atoms with Crippen molar-refractivity contribution >= 4 is 29.3 Å². The third-order valence-electron chi connectivity index (χ3n) is 4.98. The van der Waals surface area contributed by atoms with Crippen LogP contribution >= 0.6 is 23.5 Å². The van der Waals surface area contributed by atoms with Crippen molar-refractivity contribution in [3.8, 4) is 11.8 Å². The Balaban J connectivity index is 0.000000956. The first-order valence-corrected chi connectivity index (χ1v) is 15.9. The number of nitrogens with zero attached hydrogens (tertiary/aromatic N) is 3. The SMILES string of the molecule is CCN(CC)CC.NCC#Cc1cn([C@H]2C[C@H](O)[C@@H](COP(=O)(O)OP(=O)(O)OP(=O)(O)O)O2)c(=O)nc1N. The Morgan fingerprint density at radius 3 is 2.21 bits per heavy atom. The van der Waals surface area contributed by atoms with E-state index in [9.17, 15) is 28.5 Å². The van der Waals surface area contributed by atoms with Gasteiger partial charge in [-0.2, -0.15) is 13.6 Å². The molecule has 0 bridgehead atoms. The lowest BCUT2D eigenvalue weighted by molar-refractivity contribution is -0.0449. The van der Waals surface area contributed by atoms with E-state index >= 15 is 0 Å². The van der Waals surface area contributed by atoms with Gasteiger partial charge in [0.2, 0.25) is 0 Å². The number of phosphoric ester groups is 1. The highest BCUT2D eigenvalue weighted by Gasteiger charge is 2.43. The van der Waals surface area contributed by atoms with Crippen LogP contribution in [0.4, 0.5) is 5.82 Å². The molecule has 0 saturated carbocycles. The number of aromatic nitrogens is 2. The molecule has 21 heteroatoms. The zero-order valence-electron chi connectivity index (χ0n) is 21.4. The quantitative estimate of drug-likeness (QED) is 0.121. The maximum absolute atomic E-state index is 12.1. The Morgan fingerprint density at radius 2 is 1.72 bits per heavy atom. The molecule has 9 N–H and O–H groups in total. The van der Waals surface area contributed by atoms with Crippen LogP contribution < -0.4 is 17.2 Å². The lowest BCUT2D eigenvalue weighted by Crippen LogP contribution is -2.29. The van der Waals surface area contributed by atoms with Gasteiger partial charge in [-0.05, 0) is 19.6 Å². The predicted octanol–water partition coefficient (Wildman–Crippen LogP) is -0.524. The molecule has 1 aromatic heterocycles. The highest BCUT2D eigenvalue weighted by Crippen LogP contribution is 2.66. The first-order valence-electron chi connectivity index (χ1n) is 11.4. The molecule has 1 saturated heterocycles. The number of anilines is 1. The Morgan fingerprint density at radius 1 is 1.13 bits per heavy atom. The third-order valence-corrected chi connectivity index (χ3v) is 8.78. The summed E-state index contributed by atoms with van der Waals surface area (Å²) < 4.78 is 51.6. The number of aliphatic hydroxyl groups excluding tert-OH is 1. The summed E-state index contributed by atoms with van der Waals surface area (Å²) in [5.41, 5.74) is 10.2. The third kappa shape index (κ3) is 12.7. The molecule has 0 radical (unpaired) electrons. The minimum atomic E-state index is -5.69. The summed E-state index contributed by atoms with van der Waals surface area (Å²) in [4.78, 5) is 53.6. The van der Waals surface area contributed by atoms with Crippen LogP contribution in [0.3, 0.4) is 0 Å². The van der Waals surface area contributed by atoms with Crippen molar-refractivity contribution in [2.24, 2.45) is 5.73 Å². The monoisotopic (exact) mass is 621 g/mol. The molecule has 0 aliphatic carbocycles. The van der Waals surface area contributed by atoms with E-state index in [4.69, 9.17) is 30.9 Å². The van der Waals surface area contributed by atoms with E-state index in [2.05, 4.69) is 55.6 Å². The first-order chi connectivity index (χ1) is 18.0. The van der Waals surface area contributed by atoms with Crippen LogP contribution in [0.5, 0.6) is 0 Å². The number of hydrogen-bond donors (Lipinski definition) is 7. The number of rotatable bonds is 11. The molecule has 39 heavy (non-hydrogen) atoms. The standard InChI is InChI=1S/C12H19N4O13P3.C6H15N/c13-3-1-2-7-5-16(12(18)15-11(7)14)10-4-8(17)9(27-10)6-26-31(22,23)29-32(24,25)28-30(19,20)21;1-4-7(5-2)6-3/h5,8-10,17H,3-4,6,13H2,(H,22,23)(H,24,25)(H2,14,15,18)(H2,19,20,21);4-6H2,1-3H3/t8-,9+,10+;/m0./s1. The summed E-state index contributed by atoms with van der Waals surface area (Å²) in [6.45, 7) is 9.25. The topological polar surface area (TPSA) is 279 Å². The fourth-order valence-corrected chi connectivity index (χ4v) is 6.14. The van der Waals surface area contributed by atoms with Crippen molar-refractivity contribution in [1.29, 1.82) is 0 Å². The van der Waals surface area contributed by atoms with Crippen LogP contribution in [0.1, 0.15) is 39.0 Å². The van der Waals surface area contributed by atoms with Gasteiger partial charge in [0.1, 0.15) is 18.1 Å². The van der Waals surface area contributed by atoms with E-state index in [1.807, 2.05) is 0 Å². The smallest absolute Gasteiger partial charge is 0.390 e. The van der Waals surface area contributed by atoms with Gasteiger partial charge in [-0.15, -0.1) is 0 Å². The van der Waals surface area contributed by atoms with Gasteiger partial charge in [0.25, 0.3) is 0 Å². The molecule has 1 aromatic rings. The van der Waals surface area contributed by atoms with E-state index in [1.54, 1.807) is 0 Å². The van der Waals surface area contributed by atoms with E-state index in [-0.39, 0.29) is 24.3 Å². The molecular formula is C18H34N5O13P3. The minimum absolute atomic E-state index is 0.0138. The van der Waals surface area contributed by atoms with Crippen LogP contribution in [-0.4, -0.2) is 84.1 Å². The maximum atomic E-state index is 12.1. The molecule has 1 aliphatic rings. The molecule has 2 unspecified atom stereocenters. The van der Waals surface area contributed by atoms with E-state index in [0.717, 1.165) is 4.57 Å². The van der Waals surface area contributed by atoms with Crippen molar-refractivity contribution in [3.63, 3.8) is 0 Å². The zero-order valence-corrected chi connectivity index (χ0v) is 24.1. The second-order valence-corrected chi connectivity index (χ2v) is 12.1. The number of ether oxygens (including phenoxy) is 1. The van der Waals surface area contributed by atoms with Gasteiger partial charge >= 0.3 is 29.2 Å². The summed E-state index contributed by atoms with van der Waals surface area (Å²) >= 11 is 0. The van der Waals surface area contributed by atoms with Gasteiger partial charge in [-0.25, -0.2) is 18.5 Å². The average Bonchev–Trinajstić information content (AvgIpc) is 3.16. The van der Waals surface area contributed by atoms with Gasteiger partial charge in [0.05, 0.1) is 24.8 Å². The summed E-state index contributed by atoms with van der Waals surface area (Å²) in [6.07, 6.45) is -2.75. The Bertz CT molecular complexity index is 1200. The van der Waals surface area contributed by atoms with Crippen LogP contribution in [0.2, 0.25) is 0 Å². The van der Waals surface area contributed by atoms with E-state index in [1.165, 1.54) is 25.8 Å². The minimum Gasteiger partial charge on any atom is -0.390 e. The summed E-state index contributed by atoms with van der Waals surface area (Å²) in [5, 5.41) is 10.1. The van der Waals surface area contributed by atoms with Crippen LogP contribution in [-0.2, 0) is 31.6 Å². The second-order valence-electron chi connectivity index (χ2n) is 7.67. The zero-order chi connectivity index (χ0) is 30.0. The van der Waals surface area contributed by atoms with Gasteiger partial charge in [0.15, 0.2) is 0 Å². The molecule has 1 aliphatic heterocycles. The molecule has 2 heterocycles. The van der Waals surface area contributed by atoms with Crippen molar-refractivity contribution in [2.75, 3.05) is 38.5 Å². The lowest BCUT2D eigenvalue weighted by Gasteiger charge is -2.19. The Kier molecular flexibility index (Phi) is 14.1. The summed E-state index contributed by atoms with van der Waals surface area (Å²) in [5.74, 6) is 4.97. The summed E-state index contributed by atoms with van der Waals surface area (Å²) in [6, 6.07) is 0. The molecular weight excluding hydrogens is 587 g/mol. The second kappa shape index (κ2) is 15.5. The highest BCUT2D eigenvalue weighted by atomic mass is 31.3. The van der Waals surface area contributed by atoms with Crippen LogP contribution in [0.25, 0.3) is 0 Å². The first kappa shape index (κ1) is 35.5. The number of phosphoric acid groups is 3. The molecule has 224 valence electrons. The summed E-state index contributed by atoms with van der Waals surface area (Å²) in [7, 11) is -16.6. The molecule has 0 spiro atoms. The van der Waals surface area contributed by atoms with Gasteiger partial charge < -0.3 is 45.8 Å². The lowest BCUT2D eigenvalue weighted by atomic mass is 10.2. The fourth-order valence-electron chi connectivity index (χ4n) is 3.11. The molecule has 0 aromatic carbocycles. The van der Waals surface area contributed by atoms with Gasteiger partial charge in [-0.1, -0.05) is 32.6 Å². The number of nitrogen functional groups attached to an aromatic ring is 1. The Hall–Kier alpha value is -1.51. The maximum Gasteiger partial charge on any atom is 0.490 e. The van der Waals surface area contributed by atoms with Crippen molar-refractivity contribution in [3.05, 3.63) is 22.2 Å². The fraction of sp³-hybridized carbons (Fsp3) is 0.667. The molecule has 5 atom stereocenters.